The minimum atomic E-state index is 0.497. The molecule has 36 heavy (non-hydrogen) atoms. The highest BCUT2D eigenvalue weighted by Gasteiger charge is 2.18. The van der Waals surface area contributed by atoms with Crippen molar-refractivity contribution in [2.75, 3.05) is 55.3 Å². The molecule has 0 aliphatic carbocycles. The van der Waals surface area contributed by atoms with Crippen LogP contribution in [-0.4, -0.2) is 65.0 Å². The third-order valence-corrected chi connectivity index (χ3v) is 7.07. The Balaban J connectivity index is 1.38. The van der Waals surface area contributed by atoms with Crippen molar-refractivity contribution in [1.82, 2.24) is 19.4 Å². The molecule has 2 aromatic heterocycles. The second kappa shape index (κ2) is 10.7. The Morgan fingerprint density at radius 2 is 1.83 bits per heavy atom. The molecule has 0 saturated carbocycles. The number of benzene rings is 2. The molecule has 0 bridgehead atoms. The van der Waals surface area contributed by atoms with Gasteiger partial charge in [-0.3, -0.25) is 0 Å². The predicted molar refractivity (Wildman–Crippen MR) is 151 cm³/mol. The van der Waals surface area contributed by atoms with Crippen molar-refractivity contribution in [3.63, 3.8) is 0 Å². The Morgan fingerprint density at radius 3 is 2.61 bits per heavy atom. The first kappa shape index (κ1) is 24.3. The van der Waals surface area contributed by atoms with Gasteiger partial charge in [-0.15, -0.1) is 0 Å². The van der Waals surface area contributed by atoms with Gasteiger partial charge in [0.15, 0.2) is 0 Å². The zero-order valence-electron chi connectivity index (χ0n) is 21.2. The van der Waals surface area contributed by atoms with Crippen LogP contribution < -0.4 is 19.7 Å². The highest BCUT2D eigenvalue weighted by atomic mass is 32.2. The molecule has 1 aliphatic heterocycles. The SMILES string of the molecule is COc1cc(Nc2ncc3ccn(-c4cccc(NSC(C)C)c4)c3n2)ccc1N1CCN(C)CC1. The van der Waals surface area contributed by atoms with E-state index < -0.39 is 0 Å². The van der Waals surface area contributed by atoms with E-state index >= 15 is 0 Å². The van der Waals surface area contributed by atoms with Crippen LogP contribution in [0.1, 0.15) is 13.8 Å². The Hall–Kier alpha value is -3.43. The predicted octanol–water partition coefficient (Wildman–Crippen LogP) is 5.39. The summed E-state index contributed by atoms with van der Waals surface area (Å²) in [7, 11) is 3.88. The minimum Gasteiger partial charge on any atom is -0.495 e. The van der Waals surface area contributed by atoms with Gasteiger partial charge in [-0.05, 0) is 55.4 Å². The fraction of sp³-hybridized carbons (Fsp3) is 0.333. The van der Waals surface area contributed by atoms with E-state index in [9.17, 15) is 0 Å². The summed E-state index contributed by atoms with van der Waals surface area (Å²) in [5.41, 5.74) is 4.96. The van der Waals surface area contributed by atoms with Crippen LogP contribution in [0.25, 0.3) is 16.7 Å². The van der Waals surface area contributed by atoms with Crippen LogP contribution >= 0.6 is 11.9 Å². The maximum Gasteiger partial charge on any atom is 0.229 e. The smallest absolute Gasteiger partial charge is 0.229 e. The topological polar surface area (TPSA) is 70.5 Å². The Morgan fingerprint density at radius 1 is 1.00 bits per heavy atom. The normalized spacial score (nSPS) is 14.4. The second-order valence-corrected chi connectivity index (χ2v) is 10.7. The molecule has 0 amide bonds. The van der Waals surface area contributed by atoms with Crippen molar-refractivity contribution in [1.29, 1.82) is 0 Å². The summed E-state index contributed by atoms with van der Waals surface area (Å²) >= 11 is 1.70. The number of ether oxygens (including phenoxy) is 1. The van der Waals surface area contributed by atoms with Crippen molar-refractivity contribution < 1.29 is 4.74 Å². The minimum absolute atomic E-state index is 0.497. The summed E-state index contributed by atoms with van der Waals surface area (Å²) in [4.78, 5) is 14.1. The van der Waals surface area contributed by atoms with Gasteiger partial charge >= 0.3 is 0 Å². The third kappa shape index (κ3) is 5.37. The van der Waals surface area contributed by atoms with E-state index in [1.165, 1.54) is 0 Å². The molecule has 1 saturated heterocycles. The van der Waals surface area contributed by atoms with Gasteiger partial charge in [-0.2, -0.15) is 4.98 Å². The lowest BCUT2D eigenvalue weighted by atomic mass is 10.2. The molecular formula is C27H33N7OS. The standard InChI is InChI=1S/C27H33N7OS/c1-19(2)36-31-22-6-5-7-23(16-22)34-11-10-20-18-28-27(30-26(20)34)29-21-8-9-24(25(17-21)35-4)33-14-12-32(3)13-15-33/h5-11,16-19,31H,12-15H2,1-4H3,(H,28,29,30). The third-order valence-electron chi connectivity index (χ3n) is 6.24. The van der Waals surface area contributed by atoms with Crippen LogP contribution in [0.5, 0.6) is 5.75 Å². The number of anilines is 4. The summed E-state index contributed by atoms with van der Waals surface area (Å²) in [6, 6.07) is 16.6. The molecule has 0 spiro atoms. The molecule has 9 heteroatoms. The fourth-order valence-corrected chi connectivity index (χ4v) is 4.78. The Labute approximate surface area is 216 Å². The average Bonchev–Trinajstić information content (AvgIpc) is 3.31. The molecule has 2 aromatic carbocycles. The van der Waals surface area contributed by atoms with E-state index in [-0.39, 0.29) is 0 Å². The number of hydrogen-bond acceptors (Lipinski definition) is 8. The van der Waals surface area contributed by atoms with Gasteiger partial charge in [0, 0.05) is 72.3 Å². The quantitative estimate of drug-likeness (QED) is 0.310. The van der Waals surface area contributed by atoms with E-state index in [4.69, 9.17) is 9.72 Å². The summed E-state index contributed by atoms with van der Waals surface area (Å²) in [6.45, 7) is 8.41. The number of rotatable bonds is 8. The largest absolute Gasteiger partial charge is 0.495 e. The van der Waals surface area contributed by atoms with Gasteiger partial charge in [-0.1, -0.05) is 19.9 Å². The number of nitrogens with zero attached hydrogens (tertiary/aromatic N) is 5. The zero-order chi connectivity index (χ0) is 25.1. The molecule has 1 fully saturated rings. The number of methoxy groups -OCH3 is 1. The molecule has 0 atom stereocenters. The van der Waals surface area contributed by atoms with Crippen molar-refractivity contribution in [2.45, 2.75) is 19.1 Å². The summed E-state index contributed by atoms with van der Waals surface area (Å²) in [5, 5.41) is 4.84. The number of hydrogen-bond donors (Lipinski definition) is 2. The van der Waals surface area contributed by atoms with E-state index in [0.717, 1.165) is 65.7 Å². The van der Waals surface area contributed by atoms with E-state index in [1.807, 2.05) is 24.5 Å². The first-order valence-electron chi connectivity index (χ1n) is 12.2. The molecule has 0 unspecified atom stereocenters. The summed E-state index contributed by atoms with van der Waals surface area (Å²) in [6.07, 6.45) is 3.89. The molecule has 2 N–H and O–H groups in total. The van der Waals surface area contributed by atoms with Gasteiger partial charge in [0.2, 0.25) is 5.95 Å². The van der Waals surface area contributed by atoms with Crippen LogP contribution in [0.15, 0.2) is 60.9 Å². The molecule has 188 valence electrons. The van der Waals surface area contributed by atoms with Crippen LogP contribution in [0.2, 0.25) is 0 Å². The van der Waals surface area contributed by atoms with Gasteiger partial charge in [-0.25, -0.2) is 4.98 Å². The van der Waals surface area contributed by atoms with Gasteiger partial charge < -0.3 is 29.1 Å². The highest BCUT2D eigenvalue weighted by Crippen LogP contribution is 2.33. The van der Waals surface area contributed by atoms with Crippen molar-refractivity contribution >= 4 is 46.0 Å². The van der Waals surface area contributed by atoms with Crippen LogP contribution in [-0.2, 0) is 0 Å². The molecule has 3 heterocycles. The molecule has 4 aromatic rings. The number of nitrogens with one attached hydrogen (secondary N) is 2. The second-order valence-electron chi connectivity index (χ2n) is 9.28. The Kier molecular flexibility index (Phi) is 7.20. The maximum absolute atomic E-state index is 5.74. The van der Waals surface area contributed by atoms with Crippen LogP contribution in [0.4, 0.5) is 23.0 Å². The first-order chi connectivity index (χ1) is 17.5. The maximum atomic E-state index is 5.74. The molecule has 0 radical (unpaired) electrons. The highest BCUT2D eigenvalue weighted by molar-refractivity contribution is 8.01. The molecule has 1 aliphatic rings. The molecule has 8 nitrogen and oxygen atoms in total. The lowest BCUT2D eigenvalue weighted by molar-refractivity contribution is 0.311. The van der Waals surface area contributed by atoms with Crippen molar-refractivity contribution in [3.05, 3.63) is 60.9 Å². The van der Waals surface area contributed by atoms with E-state index in [0.29, 0.717) is 11.2 Å². The monoisotopic (exact) mass is 503 g/mol. The summed E-state index contributed by atoms with van der Waals surface area (Å²) in [5.74, 6) is 1.39. The molecular weight excluding hydrogens is 470 g/mol. The zero-order valence-corrected chi connectivity index (χ0v) is 22.0. The number of fused-ring (bicyclic) bond motifs is 1. The molecule has 5 rings (SSSR count). The van der Waals surface area contributed by atoms with Crippen molar-refractivity contribution in [3.8, 4) is 11.4 Å². The lowest BCUT2D eigenvalue weighted by Gasteiger charge is -2.34. The van der Waals surface area contributed by atoms with Crippen molar-refractivity contribution in [2.24, 2.45) is 0 Å². The van der Waals surface area contributed by atoms with Crippen LogP contribution in [0.3, 0.4) is 0 Å². The number of likely N-dealkylation sites (N-methyl/N-ethyl adjacent to an activating group) is 1. The first-order valence-corrected chi connectivity index (χ1v) is 13.1. The van der Waals surface area contributed by atoms with Crippen LogP contribution in [0, 0.1) is 0 Å². The average molecular weight is 504 g/mol. The van der Waals surface area contributed by atoms with E-state index in [2.05, 4.69) is 86.7 Å². The lowest BCUT2D eigenvalue weighted by Crippen LogP contribution is -2.44. The summed E-state index contributed by atoms with van der Waals surface area (Å²) < 4.78 is 11.2. The van der Waals surface area contributed by atoms with E-state index in [1.54, 1.807) is 19.1 Å². The Bertz CT molecular complexity index is 1330. The van der Waals surface area contributed by atoms with Gasteiger partial charge in [0.05, 0.1) is 12.8 Å². The van der Waals surface area contributed by atoms with Gasteiger partial charge in [0.1, 0.15) is 11.4 Å². The fourth-order valence-electron chi connectivity index (χ4n) is 4.28. The number of piperazine rings is 1. The number of aromatic nitrogens is 3. The van der Waals surface area contributed by atoms with Gasteiger partial charge in [0.25, 0.3) is 0 Å².